The van der Waals surface area contributed by atoms with E-state index in [2.05, 4.69) is 5.32 Å². The summed E-state index contributed by atoms with van der Waals surface area (Å²) in [6.07, 6.45) is 0.806. The molecule has 0 unspecified atom stereocenters. The van der Waals surface area contributed by atoms with Crippen LogP contribution in [0.3, 0.4) is 0 Å². The number of thiophene rings is 1. The lowest BCUT2D eigenvalue weighted by Gasteiger charge is -2.32. The lowest BCUT2D eigenvalue weighted by molar-refractivity contribution is -0.384. The van der Waals surface area contributed by atoms with Gasteiger partial charge in [0, 0.05) is 29.6 Å². The predicted molar refractivity (Wildman–Crippen MR) is 108 cm³/mol. The van der Waals surface area contributed by atoms with Crippen molar-refractivity contribution in [2.45, 2.75) is 32.9 Å². The zero-order chi connectivity index (χ0) is 20.4. The van der Waals surface area contributed by atoms with Crippen LogP contribution in [0.4, 0.5) is 5.69 Å². The zero-order valence-electron chi connectivity index (χ0n) is 15.5. The number of fused-ring (bicyclic) bond motifs is 1. The van der Waals surface area contributed by atoms with Crippen LogP contribution in [0.15, 0.2) is 29.6 Å². The molecule has 1 aliphatic heterocycles. The van der Waals surface area contributed by atoms with Gasteiger partial charge in [0.1, 0.15) is 11.1 Å². The third-order valence-corrected chi connectivity index (χ3v) is 6.09. The Hall–Kier alpha value is -2.45. The molecule has 0 radical (unpaired) electrons. The summed E-state index contributed by atoms with van der Waals surface area (Å²) in [4.78, 5) is 39.2. The van der Waals surface area contributed by atoms with Gasteiger partial charge >= 0.3 is 0 Å². The van der Waals surface area contributed by atoms with E-state index in [-0.39, 0.29) is 28.1 Å². The van der Waals surface area contributed by atoms with Gasteiger partial charge in [0.25, 0.3) is 11.6 Å². The van der Waals surface area contributed by atoms with Gasteiger partial charge in [0.15, 0.2) is 0 Å². The van der Waals surface area contributed by atoms with Gasteiger partial charge in [-0.05, 0) is 41.5 Å². The molecule has 28 heavy (non-hydrogen) atoms. The number of nitro groups is 1. The number of carbonyl (C=O) groups excluding carboxylic acids is 2. The standard InChI is InChI=1S/C19H20ClN3O4S/c1-11(2)17(19(25)22-7-5-16-13(10-22)6-8-28-16)21-18(24)12-3-4-14(20)15(9-12)23(26)27/h3-4,6,8-9,11,17H,5,7,10H2,1-2H3,(H,21,24)/t17-/m0/s1. The van der Waals surface area contributed by atoms with Crippen molar-refractivity contribution in [3.8, 4) is 0 Å². The van der Waals surface area contributed by atoms with Crippen LogP contribution in [0.2, 0.25) is 5.02 Å². The molecule has 148 valence electrons. The van der Waals surface area contributed by atoms with Crippen LogP contribution in [0.25, 0.3) is 0 Å². The topological polar surface area (TPSA) is 92.5 Å². The molecule has 1 aromatic heterocycles. The predicted octanol–water partition coefficient (Wildman–Crippen LogP) is 3.65. The monoisotopic (exact) mass is 421 g/mol. The summed E-state index contributed by atoms with van der Waals surface area (Å²) in [5.41, 5.74) is 0.892. The molecule has 1 aliphatic rings. The molecular weight excluding hydrogens is 402 g/mol. The maximum absolute atomic E-state index is 13.1. The first kappa shape index (κ1) is 20.3. The van der Waals surface area contributed by atoms with E-state index in [1.807, 2.05) is 25.3 Å². The molecule has 2 heterocycles. The number of hydrogen-bond donors (Lipinski definition) is 1. The zero-order valence-corrected chi connectivity index (χ0v) is 17.0. The van der Waals surface area contributed by atoms with Gasteiger partial charge in [0.2, 0.25) is 5.91 Å². The van der Waals surface area contributed by atoms with Crippen LogP contribution in [0.1, 0.15) is 34.6 Å². The highest BCUT2D eigenvalue weighted by Crippen LogP contribution is 2.26. The fourth-order valence-electron chi connectivity index (χ4n) is 3.17. The van der Waals surface area contributed by atoms with Crippen molar-refractivity contribution in [2.75, 3.05) is 6.54 Å². The molecule has 3 rings (SSSR count). The number of nitrogens with one attached hydrogen (secondary N) is 1. The van der Waals surface area contributed by atoms with Crippen molar-refractivity contribution in [3.63, 3.8) is 0 Å². The van der Waals surface area contributed by atoms with Crippen molar-refractivity contribution >= 4 is 40.4 Å². The Bertz CT molecular complexity index is 928. The molecule has 0 bridgehead atoms. The Morgan fingerprint density at radius 1 is 1.32 bits per heavy atom. The molecule has 2 amide bonds. The molecular formula is C19H20ClN3O4S. The van der Waals surface area contributed by atoms with Crippen molar-refractivity contribution in [1.82, 2.24) is 10.2 Å². The third kappa shape index (κ3) is 4.18. The second-order valence-electron chi connectivity index (χ2n) is 7.00. The van der Waals surface area contributed by atoms with Crippen LogP contribution in [-0.2, 0) is 17.8 Å². The first-order valence-corrected chi connectivity index (χ1v) is 10.1. The first-order chi connectivity index (χ1) is 13.3. The Balaban J connectivity index is 1.76. The Morgan fingerprint density at radius 2 is 2.07 bits per heavy atom. The number of amides is 2. The minimum Gasteiger partial charge on any atom is -0.340 e. The highest BCUT2D eigenvalue weighted by atomic mass is 35.5. The Morgan fingerprint density at radius 3 is 2.75 bits per heavy atom. The van der Waals surface area contributed by atoms with E-state index in [4.69, 9.17) is 11.6 Å². The Kier molecular flexibility index (Phi) is 6.00. The molecule has 0 saturated heterocycles. The number of rotatable bonds is 5. The van der Waals surface area contributed by atoms with Gasteiger partial charge in [-0.15, -0.1) is 11.3 Å². The maximum atomic E-state index is 13.1. The van der Waals surface area contributed by atoms with Crippen LogP contribution in [-0.4, -0.2) is 34.2 Å². The van der Waals surface area contributed by atoms with Crippen molar-refractivity contribution < 1.29 is 14.5 Å². The van der Waals surface area contributed by atoms with Gasteiger partial charge in [0.05, 0.1) is 4.92 Å². The number of hydrogen-bond acceptors (Lipinski definition) is 5. The van der Waals surface area contributed by atoms with E-state index in [1.54, 1.807) is 16.2 Å². The van der Waals surface area contributed by atoms with E-state index < -0.39 is 16.9 Å². The lowest BCUT2D eigenvalue weighted by Crippen LogP contribution is -2.52. The maximum Gasteiger partial charge on any atom is 0.288 e. The van der Waals surface area contributed by atoms with Crippen molar-refractivity contribution in [2.24, 2.45) is 5.92 Å². The van der Waals surface area contributed by atoms with Crippen LogP contribution in [0.5, 0.6) is 0 Å². The van der Waals surface area contributed by atoms with Crippen molar-refractivity contribution in [1.29, 1.82) is 0 Å². The highest BCUT2D eigenvalue weighted by Gasteiger charge is 2.31. The number of benzene rings is 1. The van der Waals surface area contributed by atoms with E-state index in [1.165, 1.54) is 17.0 Å². The molecule has 9 heteroatoms. The Labute approximate surface area is 171 Å². The van der Waals surface area contributed by atoms with Gasteiger partial charge in [-0.1, -0.05) is 25.4 Å². The van der Waals surface area contributed by atoms with Gasteiger partial charge in [-0.25, -0.2) is 0 Å². The quantitative estimate of drug-likeness (QED) is 0.589. The summed E-state index contributed by atoms with van der Waals surface area (Å²) < 4.78 is 0. The highest BCUT2D eigenvalue weighted by molar-refractivity contribution is 7.10. The normalized spacial score (nSPS) is 14.5. The first-order valence-electron chi connectivity index (χ1n) is 8.86. The lowest BCUT2D eigenvalue weighted by atomic mass is 10.00. The minimum atomic E-state index is -0.720. The molecule has 0 spiro atoms. The van der Waals surface area contributed by atoms with Crippen LogP contribution in [0, 0.1) is 16.0 Å². The van der Waals surface area contributed by atoms with Gasteiger partial charge < -0.3 is 10.2 Å². The van der Waals surface area contributed by atoms with Gasteiger partial charge in [-0.3, -0.25) is 19.7 Å². The largest absolute Gasteiger partial charge is 0.340 e. The molecule has 1 atom stereocenters. The van der Waals surface area contributed by atoms with E-state index in [0.717, 1.165) is 18.1 Å². The smallest absolute Gasteiger partial charge is 0.288 e. The summed E-state index contributed by atoms with van der Waals surface area (Å²) in [6.45, 7) is 4.85. The number of nitro benzene ring substituents is 1. The second-order valence-corrected chi connectivity index (χ2v) is 8.41. The second kappa shape index (κ2) is 8.28. The van der Waals surface area contributed by atoms with Gasteiger partial charge in [-0.2, -0.15) is 0 Å². The summed E-state index contributed by atoms with van der Waals surface area (Å²) in [5.74, 6) is -0.827. The molecule has 1 aromatic carbocycles. The molecule has 0 fully saturated rings. The molecule has 7 nitrogen and oxygen atoms in total. The molecule has 0 saturated carbocycles. The van der Waals surface area contributed by atoms with Crippen LogP contribution < -0.4 is 5.32 Å². The number of halogens is 1. The average molecular weight is 422 g/mol. The fraction of sp³-hybridized carbons (Fsp3) is 0.368. The number of nitrogens with zero attached hydrogens (tertiary/aromatic N) is 2. The average Bonchev–Trinajstić information content (AvgIpc) is 3.13. The molecule has 0 aliphatic carbocycles. The minimum absolute atomic E-state index is 0.0436. The summed E-state index contributed by atoms with van der Waals surface area (Å²) in [7, 11) is 0. The number of carbonyl (C=O) groups is 2. The van der Waals surface area contributed by atoms with E-state index in [0.29, 0.717) is 13.1 Å². The summed E-state index contributed by atoms with van der Waals surface area (Å²) in [6, 6.07) is 5.14. The van der Waals surface area contributed by atoms with Crippen LogP contribution >= 0.6 is 22.9 Å². The van der Waals surface area contributed by atoms with E-state index in [9.17, 15) is 19.7 Å². The SMILES string of the molecule is CC(C)[C@H](NC(=O)c1ccc(Cl)c([N+](=O)[O-])c1)C(=O)N1CCc2sccc2C1. The third-order valence-electron chi connectivity index (χ3n) is 4.74. The molecule has 2 aromatic rings. The van der Waals surface area contributed by atoms with E-state index >= 15 is 0 Å². The summed E-state index contributed by atoms with van der Waals surface area (Å²) in [5, 5.41) is 15.8. The van der Waals surface area contributed by atoms with Crippen molar-refractivity contribution in [3.05, 3.63) is 60.8 Å². The molecule has 1 N–H and O–H groups in total. The fourth-order valence-corrected chi connectivity index (χ4v) is 4.24. The summed E-state index contributed by atoms with van der Waals surface area (Å²) >= 11 is 7.50.